The predicted molar refractivity (Wildman–Crippen MR) is 72.9 cm³/mol. The lowest BCUT2D eigenvalue weighted by Crippen LogP contribution is -2.13. The summed E-state index contributed by atoms with van der Waals surface area (Å²) in [7, 11) is 0. The number of nitrogens with two attached hydrogens (primary N) is 1. The van der Waals surface area contributed by atoms with Crippen LogP contribution in [0.2, 0.25) is 0 Å². The number of benzene rings is 1. The van der Waals surface area contributed by atoms with Gasteiger partial charge in [0.15, 0.2) is 11.6 Å². The molecule has 19 heavy (non-hydrogen) atoms. The molecule has 98 valence electrons. The van der Waals surface area contributed by atoms with Crippen molar-refractivity contribution >= 4 is 11.7 Å². The molecule has 0 radical (unpaired) electrons. The van der Waals surface area contributed by atoms with E-state index in [0.717, 1.165) is 5.56 Å². The summed E-state index contributed by atoms with van der Waals surface area (Å²) in [5, 5.41) is 12.2. The topological polar surface area (TPSA) is 88.2 Å². The van der Waals surface area contributed by atoms with Gasteiger partial charge in [-0.15, -0.1) is 0 Å². The molecule has 5 nitrogen and oxygen atoms in total. The summed E-state index contributed by atoms with van der Waals surface area (Å²) in [4.78, 5) is 16.1. The molecule has 0 aliphatic carbocycles. The number of aryl methyl sites for hydroxylation is 1. The molecule has 0 unspecified atom stereocenters. The van der Waals surface area contributed by atoms with Crippen LogP contribution in [0.3, 0.4) is 0 Å². The van der Waals surface area contributed by atoms with Crippen molar-refractivity contribution in [1.82, 2.24) is 4.98 Å². The Bertz CT molecular complexity index is 594. The molecule has 0 aliphatic rings. The molecule has 0 saturated heterocycles. The smallest absolute Gasteiger partial charge is 0.256 e. The minimum Gasteiger partial charge on any atom is -0.504 e. The molecule has 5 heteroatoms. The number of aromatic nitrogens is 1. The fourth-order valence-electron chi connectivity index (χ4n) is 1.61. The average Bonchev–Trinajstić information content (AvgIpc) is 2.43. The van der Waals surface area contributed by atoms with Gasteiger partial charge in [-0.1, -0.05) is 12.1 Å². The molecule has 1 amide bonds. The molecule has 1 heterocycles. The SMILES string of the molecule is Cc1ccc(O)c(NC(=O)c2ccc(CN)cc2)n1. The normalized spacial score (nSPS) is 10.2. The number of hydrogen-bond donors (Lipinski definition) is 3. The van der Waals surface area contributed by atoms with Crippen molar-refractivity contribution in [3.63, 3.8) is 0 Å². The van der Waals surface area contributed by atoms with Gasteiger partial charge in [0.1, 0.15) is 0 Å². The Morgan fingerprint density at radius 1 is 1.26 bits per heavy atom. The summed E-state index contributed by atoms with van der Waals surface area (Å²) in [6.45, 7) is 2.22. The number of carbonyl (C=O) groups excluding carboxylic acids is 1. The van der Waals surface area contributed by atoms with Crippen molar-refractivity contribution in [2.45, 2.75) is 13.5 Å². The van der Waals surface area contributed by atoms with E-state index in [9.17, 15) is 9.90 Å². The second kappa shape index (κ2) is 5.49. The Morgan fingerprint density at radius 3 is 2.58 bits per heavy atom. The predicted octanol–water partition coefficient (Wildman–Crippen LogP) is 1.81. The third-order valence-corrected chi connectivity index (χ3v) is 2.70. The number of carbonyl (C=O) groups is 1. The summed E-state index contributed by atoms with van der Waals surface area (Å²) in [6.07, 6.45) is 0. The zero-order valence-electron chi connectivity index (χ0n) is 10.6. The zero-order valence-corrected chi connectivity index (χ0v) is 10.6. The van der Waals surface area contributed by atoms with Crippen molar-refractivity contribution in [1.29, 1.82) is 0 Å². The monoisotopic (exact) mass is 257 g/mol. The second-order valence-electron chi connectivity index (χ2n) is 4.18. The highest BCUT2D eigenvalue weighted by atomic mass is 16.3. The summed E-state index contributed by atoms with van der Waals surface area (Å²) in [5.41, 5.74) is 7.64. The average molecular weight is 257 g/mol. The lowest BCUT2D eigenvalue weighted by molar-refractivity contribution is 0.102. The number of hydrogen-bond acceptors (Lipinski definition) is 4. The number of nitrogens with one attached hydrogen (secondary N) is 1. The first-order chi connectivity index (χ1) is 9.10. The number of pyridine rings is 1. The fraction of sp³-hybridized carbons (Fsp3) is 0.143. The van der Waals surface area contributed by atoms with E-state index >= 15 is 0 Å². The first-order valence-electron chi connectivity index (χ1n) is 5.87. The molecular formula is C14H15N3O2. The van der Waals surface area contributed by atoms with Crippen molar-refractivity contribution in [2.75, 3.05) is 5.32 Å². The van der Waals surface area contributed by atoms with E-state index in [0.29, 0.717) is 17.8 Å². The lowest BCUT2D eigenvalue weighted by Gasteiger charge is -2.07. The molecule has 2 rings (SSSR count). The van der Waals surface area contributed by atoms with Crippen LogP contribution in [0.25, 0.3) is 0 Å². The van der Waals surface area contributed by atoms with Gasteiger partial charge >= 0.3 is 0 Å². The zero-order chi connectivity index (χ0) is 13.8. The number of rotatable bonds is 3. The van der Waals surface area contributed by atoms with Gasteiger partial charge in [-0.05, 0) is 36.8 Å². The largest absolute Gasteiger partial charge is 0.504 e. The highest BCUT2D eigenvalue weighted by Gasteiger charge is 2.10. The van der Waals surface area contributed by atoms with Crippen LogP contribution >= 0.6 is 0 Å². The molecular weight excluding hydrogens is 242 g/mol. The maximum Gasteiger partial charge on any atom is 0.256 e. The van der Waals surface area contributed by atoms with Crippen LogP contribution < -0.4 is 11.1 Å². The van der Waals surface area contributed by atoms with Crippen LogP contribution in [0.1, 0.15) is 21.6 Å². The molecule has 0 spiro atoms. The van der Waals surface area contributed by atoms with Gasteiger partial charge in [0.25, 0.3) is 5.91 Å². The summed E-state index contributed by atoms with van der Waals surface area (Å²) >= 11 is 0. The van der Waals surface area contributed by atoms with Crippen LogP contribution in [0.4, 0.5) is 5.82 Å². The molecule has 0 aliphatic heterocycles. The molecule has 0 fully saturated rings. The quantitative estimate of drug-likeness (QED) is 0.782. The van der Waals surface area contributed by atoms with Gasteiger partial charge in [-0.25, -0.2) is 4.98 Å². The Morgan fingerprint density at radius 2 is 1.95 bits per heavy atom. The summed E-state index contributed by atoms with van der Waals surface area (Å²) in [5.74, 6) is -0.220. The van der Waals surface area contributed by atoms with Crippen LogP contribution in [0, 0.1) is 6.92 Å². The third-order valence-electron chi connectivity index (χ3n) is 2.70. The molecule has 4 N–H and O–H groups in total. The van der Waals surface area contributed by atoms with Crippen LogP contribution in [-0.4, -0.2) is 16.0 Å². The van der Waals surface area contributed by atoms with Gasteiger partial charge < -0.3 is 16.2 Å². The van der Waals surface area contributed by atoms with Gasteiger partial charge in [-0.3, -0.25) is 4.79 Å². The van der Waals surface area contributed by atoms with Crippen molar-refractivity contribution < 1.29 is 9.90 Å². The third kappa shape index (κ3) is 3.08. The number of nitrogens with zero attached hydrogens (tertiary/aromatic N) is 1. The highest BCUT2D eigenvalue weighted by Crippen LogP contribution is 2.20. The van der Waals surface area contributed by atoms with Crippen LogP contribution in [0.15, 0.2) is 36.4 Å². The maximum absolute atomic E-state index is 12.0. The molecule has 0 atom stereocenters. The molecule has 2 aromatic rings. The van der Waals surface area contributed by atoms with E-state index in [1.165, 1.54) is 6.07 Å². The van der Waals surface area contributed by atoms with Gasteiger partial charge in [0.05, 0.1) is 0 Å². The summed E-state index contributed by atoms with van der Waals surface area (Å²) < 4.78 is 0. The van der Waals surface area contributed by atoms with E-state index in [-0.39, 0.29) is 17.5 Å². The Balaban J connectivity index is 2.18. The van der Waals surface area contributed by atoms with Crippen molar-refractivity contribution in [3.8, 4) is 5.75 Å². The second-order valence-corrected chi connectivity index (χ2v) is 4.18. The minimum absolute atomic E-state index is 0.0578. The Kier molecular flexibility index (Phi) is 3.77. The van der Waals surface area contributed by atoms with Crippen LogP contribution in [-0.2, 0) is 6.54 Å². The summed E-state index contributed by atoms with van der Waals surface area (Å²) in [6, 6.07) is 10.1. The lowest BCUT2D eigenvalue weighted by atomic mass is 10.1. The number of anilines is 1. The Hall–Kier alpha value is -2.40. The molecule has 0 bridgehead atoms. The van der Waals surface area contributed by atoms with Gasteiger partial charge in [0, 0.05) is 17.8 Å². The molecule has 1 aromatic heterocycles. The number of aromatic hydroxyl groups is 1. The van der Waals surface area contributed by atoms with E-state index in [1.807, 2.05) is 0 Å². The van der Waals surface area contributed by atoms with E-state index in [4.69, 9.17) is 5.73 Å². The Labute approximate surface area is 111 Å². The van der Waals surface area contributed by atoms with E-state index in [2.05, 4.69) is 10.3 Å². The molecule has 0 saturated carbocycles. The highest BCUT2D eigenvalue weighted by molar-refractivity contribution is 6.04. The van der Waals surface area contributed by atoms with Crippen molar-refractivity contribution in [3.05, 3.63) is 53.2 Å². The maximum atomic E-state index is 12.0. The van der Waals surface area contributed by atoms with Gasteiger partial charge in [-0.2, -0.15) is 0 Å². The van der Waals surface area contributed by atoms with E-state index < -0.39 is 0 Å². The first kappa shape index (κ1) is 13.0. The standard InChI is InChI=1S/C14H15N3O2/c1-9-2-7-12(18)13(16-9)17-14(19)11-5-3-10(8-15)4-6-11/h2-7,18H,8,15H2,1H3,(H,16,17,19). The fourth-order valence-corrected chi connectivity index (χ4v) is 1.61. The van der Waals surface area contributed by atoms with Crippen LogP contribution in [0.5, 0.6) is 5.75 Å². The first-order valence-corrected chi connectivity index (χ1v) is 5.87. The van der Waals surface area contributed by atoms with E-state index in [1.54, 1.807) is 37.3 Å². The number of amides is 1. The van der Waals surface area contributed by atoms with Gasteiger partial charge in [0.2, 0.25) is 0 Å². The van der Waals surface area contributed by atoms with Crippen molar-refractivity contribution in [2.24, 2.45) is 5.73 Å². The minimum atomic E-state index is -0.322. The molecule has 1 aromatic carbocycles.